The smallest absolute Gasteiger partial charge is 0.251 e. The predicted octanol–water partition coefficient (Wildman–Crippen LogP) is 5.14. The summed E-state index contributed by atoms with van der Waals surface area (Å²) in [5, 5.41) is 14.6. The molecule has 10 heteroatoms. The maximum absolute atomic E-state index is 14.3. The van der Waals surface area contributed by atoms with E-state index in [4.69, 9.17) is 16.3 Å². The number of pyridine rings is 1. The quantitative estimate of drug-likeness (QED) is 0.369. The number of hydrogen-bond donors (Lipinski definition) is 1. The number of amides is 1. The van der Waals surface area contributed by atoms with Crippen LogP contribution in [0.3, 0.4) is 0 Å². The molecule has 2 aromatic carbocycles. The van der Waals surface area contributed by atoms with Gasteiger partial charge >= 0.3 is 0 Å². The molecule has 0 fully saturated rings. The fourth-order valence-electron chi connectivity index (χ4n) is 4.06. The molecule has 0 saturated heterocycles. The third kappa shape index (κ3) is 5.03. The number of carbonyl (C=O) groups is 1. The van der Waals surface area contributed by atoms with Gasteiger partial charge in [-0.15, -0.1) is 0 Å². The highest BCUT2D eigenvalue weighted by atomic mass is 35.5. The van der Waals surface area contributed by atoms with E-state index in [1.54, 1.807) is 25.1 Å². The predicted molar refractivity (Wildman–Crippen MR) is 132 cm³/mol. The van der Waals surface area contributed by atoms with E-state index in [1.165, 1.54) is 41.9 Å². The van der Waals surface area contributed by atoms with Crippen LogP contribution in [0.15, 0.2) is 48.8 Å². The monoisotopic (exact) mass is 514 g/mol. The fourth-order valence-corrected chi connectivity index (χ4v) is 4.33. The number of rotatable bonds is 7. The summed E-state index contributed by atoms with van der Waals surface area (Å²) in [4.78, 5) is 18.3. The Morgan fingerprint density at radius 3 is 2.64 bits per heavy atom. The summed E-state index contributed by atoms with van der Waals surface area (Å²) in [5.41, 5.74) is 2.80. The average Bonchev–Trinajstić information content (AvgIpc) is 3.27. The average molecular weight is 515 g/mol. The van der Waals surface area contributed by atoms with Gasteiger partial charge in [0.25, 0.3) is 5.91 Å². The van der Waals surface area contributed by atoms with Gasteiger partial charge in [0.1, 0.15) is 29.8 Å². The van der Waals surface area contributed by atoms with E-state index in [1.807, 2.05) is 13.0 Å². The fraction of sp³-hybridized carbons (Fsp3) is 0.269. The van der Waals surface area contributed by atoms with Gasteiger partial charge in [-0.05, 0) is 50.6 Å². The van der Waals surface area contributed by atoms with E-state index in [9.17, 15) is 18.7 Å². The number of aliphatic hydroxyl groups is 1. The lowest BCUT2D eigenvalue weighted by atomic mass is 10.00. The number of para-hydroxylation sites is 1. The number of carbonyl (C=O) groups excluding carboxylic acids is 1. The molecule has 2 atom stereocenters. The van der Waals surface area contributed by atoms with E-state index in [-0.39, 0.29) is 11.6 Å². The Bertz CT molecular complexity index is 1440. The van der Waals surface area contributed by atoms with Gasteiger partial charge in [0, 0.05) is 23.7 Å². The first-order valence-corrected chi connectivity index (χ1v) is 11.6. The molecule has 7 nitrogen and oxygen atoms in total. The second-order valence-electron chi connectivity index (χ2n) is 8.58. The Kier molecular flexibility index (Phi) is 7.23. The van der Waals surface area contributed by atoms with Crippen molar-refractivity contribution in [3.8, 4) is 11.4 Å². The Morgan fingerprint density at radius 1 is 1.22 bits per heavy atom. The van der Waals surface area contributed by atoms with Gasteiger partial charge in [0.15, 0.2) is 5.82 Å². The van der Waals surface area contributed by atoms with Gasteiger partial charge in [-0.2, -0.15) is 5.10 Å². The van der Waals surface area contributed by atoms with E-state index >= 15 is 0 Å². The molecule has 0 bridgehead atoms. The molecule has 0 spiro atoms. The third-order valence-corrected chi connectivity index (χ3v) is 6.35. The molecule has 0 aliphatic heterocycles. The summed E-state index contributed by atoms with van der Waals surface area (Å²) in [5.74, 6) is -1.08. The minimum absolute atomic E-state index is 0.0318. The maximum atomic E-state index is 14.3. The van der Waals surface area contributed by atoms with Crippen molar-refractivity contribution < 1.29 is 23.4 Å². The normalized spacial score (nSPS) is 13.0. The highest BCUT2D eigenvalue weighted by Gasteiger charge is 2.25. The second kappa shape index (κ2) is 10.2. The highest BCUT2D eigenvalue weighted by molar-refractivity contribution is 6.31. The molecule has 2 heterocycles. The first-order chi connectivity index (χ1) is 17.1. The van der Waals surface area contributed by atoms with Crippen LogP contribution in [0.4, 0.5) is 8.78 Å². The van der Waals surface area contributed by atoms with Crippen LogP contribution in [0, 0.1) is 18.6 Å². The summed E-state index contributed by atoms with van der Waals surface area (Å²) < 4.78 is 35.5. The van der Waals surface area contributed by atoms with E-state index in [0.29, 0.717) is 39.2 Å². The lowest BCUT2D eigenvalue weighted by molar-refractivity contribution is -0.139. The molecule has 36 heavy (non-hydrogen) atoms. The number of aliphatic hydroxyl groups excluding tert-OH is 1. The van der Waals surface area contributed by atoms with Gasteiger partial charge < -0.3 is 14.7 Å². The summed E-state index contributed by atoms with van der Waals surface area (Å²) >= 11 is 6.41. The Hall–Kier alpha value is -3.56. The maximum Gasteiger partial charge on any atom is 0.251 e. The van der Waals surface area contributed by atoms with Gasteiger partial charge in [-0.25, -0.2) is 18.4 Å². The molecule has 4 aromatic rings. The molecular weight excluding hydrogens is 490 g/mol. The molecule has 0 saturated carbocycles. The van der Waals surface area contributed by atoms with E-state index in [0.717, 1.165) is 6.20 Å². The number of nitrogens with zero attached hydrogens (tertiary/aromatic N) is 4. The van der Waals surface area contributed by atoms with Crippen LogP contribution in [0.25, 0.3) is 16.6 Å². The van der Waals surface area contributed by atoms with Crippen molar-refractivity contribution in [3.63, 3.8) is 0 Å². The van der Waals surface area contributed by atoms with Crippen LogP contribution in [-0.4, -0.2) is 43.8 Å². The number of hydrogen-bond acceptors (Lipinski definition) is 5. The number of ether oxygens (including phenoxy) is 1. The lowest BCUT2D eigenvalue weighted by Gasteiger charge is -2.28. The van der Waals surface area contributed by atoms with Crippen molar-refractivity contribution in [2.24, 2.45) is 0 Å². The summed E-state index contributed by atoms with van der Waals surface area (Å²) in [6, 6.07) is 9.05. The van der Waals surface area contributed by atoms with Crippen molar-refractivity contribution in [3.05, 3.63) is 82.3 Å². The van der Waals surface area contributed by atoms with Crippen molar-refractivity contribution in [2.45, 2.75) is 39.5 Å². The minimum atomic E-state index is -1.20. The third-order valence-electron chi connectivity index (χ3n) is 6.01. The lowest BCUT2D eigenvalue weighted by Crippen LogP contribution is -2.37. The molecule has 4 rings (SSSR count). The van der Waals surface area contributed by atoms with Crippen molar-refractivity contribution in [2.75, 3.05) is 7.05 Å². The standard InChI is InChI=1S/C26H25ClF2N4O3/c1-14-8-23(33-12-18(29)11-30-33)19-6-5-7-24(25(19)31-14)36-13-21-20(9-17(28)10-22(21)27)15(2)32(4)26(35)16(3)34/h5-12,15-16,34H,13H2,1-4H3/t15-,16?/m0/s1. The van der Waals surface area contributed by atoms with Crippen LogP contribution >= 0.6 is 11.6 Å². The summed E-state index contributed by atoms with van der Waals surface area (Å²) in [6.45, 7) is 4.86. The van der Waals surface area contributed by atoms with Crippen LogP contribution in [0.1, 0.15) is 36.7 Å². The molecule has 0 aliphatic carbocycles. The number of fused-ring (bicyclic) bond motifs is 1. The molecule has 2 aromatic heterocycles. The van der Waals surface area contributed by atoms with Gasteiger partial charge in [0.05, 0.1) is 29.1 Å². The molecule has 1 amide bonds. The van der Waals surface area contributed by atoms with Crippen LogP contribution in [-0.2, 0) is 11.4 Å². The number of halogens is 3. The largest absolute Gasteiger partial charge is 0.487 e. The molecule has 188 valence electrons. The van der Waals surface area contributed by atoms with Gasteiger partial charge in [-0.1, -0.05) is 23.7 Å². The molecule has 0 radical (unpaired) electrons. The van der Waals surface area contributed by atoms with Crippen molar-refractivity contribution in [1.82, 2.24) is 19.7 Å². The Balaban J connectivity index is 1.72. The molecule has 0 aliphatic rings. The minimum Gasteiger partial charge on any atom is -0.487 e. The first kappa shape index (κ1) is 25.5. The molecule has 1 unspecified atom stereocenters. The van der Waals surface area contributed by atoms with Gasteiger partial charge in [-0.3, -0.25) is 4.79 Å². The zero-order valence-corrected chi connectivity index (χ0v) is 20.9. The van der Waals surface area contributed by atoms with Gasteiger partial charge in [0.2, 0.25) is 0 Å². The van der Waals surface area contributed by atoms with Crippen LogP contribution < -0.4 is 4.74 Å². The number of likely N-dealkylation sites (N-methyl/N-ethyl adjacent to an activating group) is 1. The van der Waals surface area contributed by atoms with E-state index < -0.39 is 29.7 Å². The topological polar surface area (TPSA) is 80.5 Å². The van der Waals surface area contributed by atoms with Crippen molar-refractivity contribution in [1.29, 1.82) is 0 Å². The zero-order valence-electron chi connectivity index (χ0n) is 20.2. The zero-order chi connectivity index (χ0) is 26.1. The van der Waals surface area contributed by atoms with Crippen molar-refractivity contribution >= 4 is 28.4 Å². The molecule has 1 N–H and O–H groups in total. The SMILES string of the molecule is Cc1cc(-n2cc(F)cn2)c2cccc(OCc3c(Cl)cc(F)cc3[C@H](C)N(C)C(=O)C(C)O)c2n1. The Labute approximate surface area is 211 Å². The van der Waals surface area contributed by atoms with E-state index in [2.05, 4.69) is 10.1 Å². The number of aryl methyl sites for hydroxylation is 1. The number of benzene rings is 2. The Morgan fingerprint density at radius 2 is 1.97 bits per heavy atom. The molecular formula is C26H25ClF2N4O3. The highest BCUT2D eigenvalue weighted by Crippen LogP contribution is 2.33. The second-order valence-corrected chi connectivity index (χ2v) is 8.99. The van der Waals surface area contributed by atoms with Crippen LogP contribution in [0.2, 0.25) is 5.02 Å². The summed E-state index contributed by atoms with van der Waals surface area (Å²) in [6.07, 6.45) is 1.20. The summed E-state index contributed by atoms with van der Waals surface area (Å²) in [7, 11) is 1.53. The number of aromatic nitrogens is 3. The first-order valence-electron chi connectivity index (χ1n) is 11.2. The van der Waals surface area contributed by atoms with Crippen LogP contribution in [0.5, 0.6) is 5.75 Å².